The Bertz CT molecular complexity index is 1610. The molecule has 0 saturated heterocycles. The predicted molar refractivity (Wildman–Crippen MR) is 163 cm³/mol. The second-order valence-electron chi connectivity index (χ2n) is 8.87. The van der Waals surface area contributed by atoms with Crippen molar-refractivity contribution in [3.05, 3.63) is 126 Å². The summed E-state index contributed by atoms with van der Waals surface area (Å²) in [7, 11) is 0. The molecule has 0 atom stereocenters. The zero-order valence-electron chi connectivity index (χ0n) is 21.9. The number of hydrogen-bond donors (Lipinski definition) is 0. The van der Waals surface area contributed by atoms with Crippen molar-refractivity contribution in [2.75, 3.05) is 0 Å². The normalized spacial score (nSPS) is 10.6. The minimum Gasteiger partial charge on any atom is -0.0985 e. The van der Waals surface area contributed by atoms with E-state index in [4.69, 9.17) is 0 Å². The summed E-state index contributed by atoms with van der Waals surface area (Å²) in [6, 6.07) is 28.6. The molecule has 5 aromatic rings. The van der Waals surface area contributed by atoms with Crippen LogP contribution in [0.2, 0.25) is 0 Å². The Balaban J connectivity index is 0.00000148. The summed E-state index contributed by atoms with van der Waals surface area (Å²) in [5.41, 5.74) is 10.6. The van der Waals surface area contributed by atoms with E-state index < -0.39 is 0 Å². The quantitative estimate of drug-likeness (QED) is 0.241. The Hall–Kier alpha value is -4.16. The fourth-order valence-electron chi connectivity index (χ4n) is 5.05. The van der Waals surface area contributed by atoms with Gasteiger partial charge in [0.2, 0.25) is 0 Å². The van der Waals surface area contributed by atoms with Gasteiger partial charge in [-0.15, -0.1) is 0 Å². The van der Waals surface area contributed by atoms with Crippen molar-refractivity contribution >= 4 is 39.8 Å². The van der Waals surface area contributed by atoms with Crippen LogP contribution in [0, 0.1) is 13.8 Å². The third-order valence-electron chi connectivity index (χ3n) is 6.78. The predicted octanol–water partition coefficient (Wildman–Crippen LogP) is 10.9. The van der Waals surface area contributed by atoms with E-state index in [-0.39, 0.29) is 0 Å². The summed E-state index contributed by atoms with van der Waals surface area (Å²) >= 11 is 0. The number of rotatable bonds is 5. The average molecular weight is 467 g/mol. The largest absolute Gasteiger partial charge is 0.0985 e. The molecule has 0 amide bonds. The van der Waals surface area contributed by atoms with Crippen molar-refractivity contribution in [1.29, 1.82) is 0 Å². The van der Waals surface area contributed by atoms with Gasteiger partial charge in [0.05, 0.1) is 0 Å². The van der Waals surface area contributed by atoms with E-state index in [0.717, 1.165) is 22.3 Å². The van der Waals surface area contributed by atoms with Crippen LogP contribution < -0.4 is 0 Å². The Morgan fingerprint density at radius 3 is 1.83 bits per heavy atom. The first-order chi connectivity index (χ1) is 17.5. The number of benzene rings is 5. The van der Waals surface area contributed by atoms with Gasteiger partial charge in [0.25, 0.3) is 0 Å². The van der Waals surface area contributed by atoms with Crippen LogP contribution in [0.4, 0.5) is 0 Å². The molecule has 178 valence electrons. The van der Waals surface area contributed by atoms with Gasteiger partial charge in [-0.05, 0) is 92.0 Å². The van der Waals surface area contributed by atoms with Crippen molar-refractivity contribution in [2.24, 2.45) is 0 Å². The van der Waals surface area contributed by atoms with E-state index in [1.165, 1.54) is 49.4 Å². The molecule has 5 aromatic carbocycles. The molecule has 0 saturated carbocycles. The molecule has 0 aromatic heterocycles. The highest BCUT2D eigenvalue weighted by atomic mass is 14.2. The molecule has 0 N–H and O–H groups in total. The summed E-state index contributed by atoms with van der Waals surface area (Å²) in [6.07, 6.45) is 5.88. The molecule has 0 bridgehead atoms. The first-order valence-electron chi connectivity index (χ1n) is 12.6. The highest BCUT2D eigenvalue weighted by Crippen LogP contribution is 2.44. The Labute approximate surface area is 215 Å². The summed E-state index contributed by atoms with van der Waals surface area (Å²) in [5, 5.41) is 4.91. The highest BCUT2D eigenvalue weighted by molar-refractivity contribution is 6.12. The molecule has 0 fully saturated rings. The van der Waals surface area contributed by atoms with Gasteiger partial charge in [0.15, 0.2) is 0 Å². The van der Waals surface area contributed by atoms with Crippen molar-refractivity contribution in [1.82, 2.24) is 0 Å². The maximum atomic E-state index is 4.24. The molecular formula is C36H34. The molecule has 0 aliphatic carbocycles. The Morgan fingerprint density at radius 2 is 1.17 bits per heavy atom. The van der Waals surface area contributed by atoms with Crippen LogP contribution in [0.15, 0.2) is 98.6 Å². The number of hydrogen-bond acceptors (Lipinski definition) is 0. The van der Waals surface area contributed by atoms with E-state index in [1.54, 1.807) is 0 Å². The maximum absolute atomic E-state index is 4.24. The lowest BCUT2D eigenvalue weighted by Gasteiger charge is -2.21. The Kier molecular flexibility index (Phi) is 7.36. The van der Waals surface area contributed by atoms with Gasteiger partial charge in [0, 0.05) is 0 Å². The molecule has 0 spiro atoms. The summed E-state index contributed by atoms with van der Waals surface area (Å²) in [5.74, 6) is 0. The van der Waals surface area contributed by atoms with Crippen LogP contribution in [0.1, 0.15) is 41.7 Å². The number of fused-ring (bicyclic) bond motifs is 2. The molecule has 0 aliphatic rings. The molecule has 0 aliphatic heterocycles. The molecule has 0 heterocycles. The zero-order valence-corrected chi connectivity index (χ0v) is 21.9. The monoisotopic (exact) mass is 466 g/mol. The minimum absolute atomic E-state index is 1.10. The van der Waals surface area contributed by atoms with Crippen LogP contribution >= 0.6 is 0 Å². The molecule has 36 heavy (non-hydrogen) atoms. The van der Waals surface area contributed by atoms with E-state index in [0.29, 0.717) is 0 Å². The summed E-state index contributed by atoms with van der Waals surface area (Å²) < 4.78 is 0. The van der Waals surface area contributed by atoms with Crippen LogP contribution in [-0.4, -0.2) is 0 Å². The average Bonchev–Trinajstić information content (AvgIpc) is 2.92. The summed E-state index contributed by atoms with van der Waals surface area (Å²) in [6.45, 7) is 20.8. The SMILES string of the molecule is C=Cc1cc(-c2c(C=C)c(C=C)c(-c3ccc4ccccc4c3)c3cc(C)ccc23)ccc1C.CC. The van der Waals surface area contributed by atoms with Gasteiger partial charge in [-0.2, -0.15) is 0 Å². The van der Waals surface area contributed by atoms with Crippen LogP contribution in [0.25, 0.3) is 62.0 Å². The standard InChI is InChI=1S/C34H28.C2H6/c1-6-24-20-27(15-14-23(24)5)33-29(7-2)30(8-3)34(32-19-22(4)13-18-31(32)33)28-17-16-25-11-9-10-12-26(25)21-28;1-2/h6-21H,1-3H2,4-5H3;1-2H3. The van der Waals surface area contributed by atoms with Crippen molar-refractivity contribution in [3.8, 4) is 22.3 Å². The lowest BCUT2D eigenvalue weighted by atomic mass is 9.82. The maximum Gasteiger partial charge on any atom is -0.00263 e. The zero-order chi connectivity index (χ0) is 25.8. The fraction of sp³-hybridized carbons (Fsp3) is 0.111. The number of aryl methyl sites for hydroxylation is 2. The van der Waals surface area contributed by atoms with E-state index in [9.17, 15) is 0 Å². The van der Waals surface area contributed by atoms with Gasteiger partial charge >= 0.3 is 0 Å². The van der Waals surface area contributed by atoms with E-state index >= 15 is 0 Å². The second-order valence-corrected chi connectivity index (χ2v) is 8.87. The van der Waals surface area contributed by atoms with Crippen LogP contribution in [0.5, 0.6) is 0 Å². The summed E-state index contributed by atoms with van der Waals surface area (Å²) in [4.78, 5) is 0. The van der Waals surface area contributed by atoms with Crippen molar-refractivity contribution in [3.63, 3.8) is 0 Å². The molecule has 0 unspecified atom stereocenters. The minimum atomic E-state index is 1.10. The second kappa shape index (κ2) is 10.6. The molecule has 0 nitrogen and oxygen atoms in total. The van der Waals surface area contributed by atoms with E-state index in [2.05, 4.69) is 112 Å². The molecular weight excluding hydrogens is 432 g/mol. The highest BCUT2D eigenvalue weighted by Gasteiger charge is 2.19. The van der Waals surface area contributed by atoms with Gasteiger partial charge < -0.3 is 0 Å². The lowest BCUT2D eigenvalue weighted by Crippen LogP contribution is -1.97. The molecule has 0 radical (unpaired) electrons. The molecule has 0 heteroatoms. The van der Waals surface area contributed by atoms with Gasteiger partial charge in [-0.1, -0.05) is 124 Å². The fourth-order valence-corrected chi connectivity index (χ4v) is 5.05. The third kappa shape index (κ3) is 4.32. The first-order valence-corrected chi connectivity index (χ1v) is 12.6. The topological polar surface area (TPSA) is 0 Å². The van der Waals surface area contributed by atoms with Gasteiger partial charge in [0.1, 0.15) is 0 Å². The smallest absolute Gasteiger partial charge is 0.00263 e. The lowest BCUT2D eigenvalue weighted by molar-refractivity contribution is 1.44. The van der Waals surface area contributed by atoms with Crippen molar-refractivity contribution < 1.29 is 0 Å². The third-order valence-corrected chi connectivity index (χ3v) is 6.78. The molecule has 5 rings (SSSR count). The van der Waals surface area contributed by atoms with Crippen LogP contribution in [-0.2, 0) is 0 Å². The van der Waals surface area contributed by atoms with Crippen LogP contribution in [0.3, 0.4) is 0 Å². The van der Waals surface area contributed by atoms with E-state index in [1.807, 2.05) is 32.1 Å². The van der Waals surface area contributed by atoms with Gasteiger partial charge in [-0.3, -0.25) is 0 Å². The Morgan fingerprint density at radius 1 is 0.556 bits per heavy atom. The first kappa shape index (κ1) is 24.9. The van der Waals surface area contributed by atoms with Crippen molar-refractivity contribution in [2.45, 2.75) is 27.7 Å². The van der Waals surface area contributed by atoms with Gasteiger partial charge in [-0.25, -0.2) is 0 Å².